The zero-order chi connectivity index (χ0) is 16.3. The first-order valence-corrected chi connectivity index (χ1v) is 7.87. The van der Waals surface area contributed by atoms with Crippen LogP contribution < -0.4 is 5.32 Å². The van der Waals surface area contributed by atoms with Crippen molar-refractivity contribution in [2.45, 2.75) is 26.3 Å². The van der Waals surface area contributed by atoms with Gasteiger partial charge >= 0.3 is 5.97 Å². The molecule has 0 aliphatic carbocycles. The first kappa shape index (κ1) is 16.5. The molecule has 5 nitrogen and oxygen atoms in total. The van der Waals surface area contributed by atoms with E-state index in [0.717, 1.165) is 11.4 Å². The van der Waals surface area contributed by atoms with Crippen molar-refractivity contribution in [2.75, 3.05) is 0 Å². The van der Waals surface area contributed by atoms with Gasteiger partial charge in [0.1, 0.15) is 4.88 Å². The van der Waals surface area contributed by atoms with Crippen LogP contribution in [0.4, 0.5) is 0 Å². The summed E-state index contributed by atoms with van der Waals surface area (Å²) in [5.74, 6) is -1.56. The van der Waals surface area contributed by atoms with Crippen LogP contribution in [0.5, 0.6) is 0 Å². The van der Waals surface area contributed by atoms with E-state index >= 15 is 0 Å². The highest BCUT2D eigenvalue weighted by Crippen LogP contribution is 2.21. The van der Waals surface area contributed by atoms with Gasteiger partial charge in [0.05, 0.1) is 10.7 Å². The molecular weight excluding hydrogens is 324 g/mol. The largest absolute Gasteiger partial charge is 0.479 e. The fraction of sp³-hybridized carbons (Fsp3) is 0.267. The Morgan fingerprint density at radius 2 is 2.00 bits per heavy atom. The lowest BCUT2D eigenvalue weighted by atomic mass is 10.1. The molecule has 0 saturated carbocycles. The third kappa shape index (κ3) is 3.64. The number of rotatable bonds is 5. The molecule has 1 atom stereocenters. The van der Waals surface area contributed by atoms with Crippen LogP contribution in [0.15, 0.2) is 24.3 Å². The second kappa shape index (κ2) is 6.89. The molecule has 0 spiro atoms. The van der Waals surface area contributed by atoms with Gasteiger partial charge in [-0.05, 0) is 31.0 Å². The predicted octanol–water partition coefficient (Wildman–Crippen LogP) is 3.22. The van der Waals surface area contributed by atoms with Gasteiger partial charge in [-0.2, -0.15) is 0 Å². The van der Waals surface area contributed by atoms with Gasteiger partial charge in [0.2, 0.25) is 0 Å². The number of nitrogens with zero attached hydrogens (tertiary/aromatic N) is 1. The average molecular weight is 339 g/mol. The van der Waals surface area contributed by atoms with Gasteiger partial charge in [-0.25, -0.2) is 9.78 Å². The molecular formula is C15H15ClN2O3S. The van der Waals surface area contributed by atoms with Crippen molar-refractivity contribution in [2.24, 2.45) is 0 Å². The normalized spacial score (nSPS) is 12.0. The maximum absolute atomic E-state index is 12.3. The minimum absolute atomic E-state index is 0.433. The van der Waals surface area contributed by atoms with Crippen LogP contribution in [-0.2, 0) is 11.2 Å². The molecule has 116 valence electrons. The second-order valence-electron chi connectivity index (χ2n) is 4.67. The zero-order valence-corrected chi connectivity index (χ0v) is 13.7. The van der Waals surface area contributed by atoms with E-state index in [1.807, 2.05) is 6.92 Å². The van der Waals surface area contributed by atoms with E-state index in [-0.39, 0.29) is 0 Å². The van der Waals surface area contributed by atoms with Crippen LogP contribution in [0, 0.1) is 6.92 Å². The third-order valence-electron chi connectivity index (χ3n) is 3.08. The first-order chi connectivity index (χ1) is 10.4. The molecule has 0 saturated heterocycles. The number of halogens is 1. The molecule has 0 fully saturated rings. The van der Waals surface area contributed by atoms with Crippen LogP contribution in [0.2, 0.25) is 5.02 Å². The summed E-state index contributed by atoms with van der Waals surface area (Å²) in [6.45, 7) is 3.69. The lowest BCUT2D eigenvalue weighted by Crippen LogP contribution is -2.33. The van der Waals surface area contributed by atoms with Crippen LogP contribution in [-0.4, -0.2) is 22.0 Å². The van der Waals surface area contributed by atoms with Crippen LogP contribution in [0.1, 0.15) is 38.9 Å². The molecule has 1 unspecified atom stereocenters. The van der Waals surface area contributed by atoms with Gasteiger partial charge < -0.3 is 10.4 Å². The van der Waals surface area contributed by atoms with Gasteiger partial charge in [0.15, 0.2) is 6.04 Å². The van der Waals surface area contributed by atoms with Gasteiger partial charge in [0, 0.05) is 5.02 Å². The van der Waals surface area contributed by atoms with Crippen LogP contribution in [0.25, 0.3) is 0 Å². The molecule has 0 bridgehead atoms. The molecule has 2 rings (SSSR count). The number of hydrogen-bond acceptors (Lipinski definition) is 4. The quantitative estimate of drug-likeness (QED) is 0.877. The van der Waals surface area contributed by atoms with E-state index in [1.165, 1.54) is 11.3 Å². The summed E-state index contributed by atoms with van der Waals surface area (Å²) in [6, 6.07) is 5.21. The minimum atomic E-state index is -1.13. The van der Waals surface area contributed by atoms with E-state index in [1.54, 1.807) is 31.2 Å². The summed E-state index contributed by atoms with van der Waals surface area (Å²) in [5.41, 5.74) is 1.07. The molecule has 0 radical (unpaired) electrons. The SMILES string of the molecule is CCc1nc(C)c(C(=O)NC(C(=O)O)c2ccc(Cl)cc2)s1. The summed E-state index contributed by atoms with van der Waals surface area (Å²) in [6.07, 6.45) is 0.734. The van der Waals surface area contributed by atoms with Crippen molar-refractivity contribution >= 4 is 34.8 Å². The highest BCUT2D eigenvalue weighted by Gasteiger charge is 2.24. The van der Waals surface area contributed by atoms with Crippen molar-refractivity contribution in [3.63, 3.8) is 0 Å². The average Bonchev–Trinajstić information content (AvgIpc) is 2.86. The Hall–Kier alpha value is -1.92. The maximum atomic E-state index is 12.3. The molecule has 1 heterocycles. The Labute approximate surface area is 137 Å². The number of benzene rings is 1. The predicted molar refractivity (Wildman–Crippen MR) is 85.5 cm³/mol. The number of thiazole rings is 1. The fourth-order valence-electron chi connectivity index (χ4n) is 1.95. The van der Waals surface area contributed by atoms with Crippen LogP contribution >= 0.6 is 22.9 Å². The number of nitrogens with one attached hydrogen (secondary N) is 1. The highest BCUT2D eigenvalue weighted by atomic mass is 35.5. The summed E-state index contributed by atoms with van der Waals surface area (Å²) < 4.78 is 0. The standard InChI is InChI=1S/C15H15ClN2O3S/c1-3-11-17-8(2)13(22-11)14(19)18-12(15(20)21)9-4-6-10(16)7-5-9/h4-7,12H,3H2,1-2H3,(H,18,19)(H,20,21). The number of carboxylic acid groups (broad SMARTS) is 1. The van der Waals surface area contributed by atoms with Crippen molar-refractivity contribution in [3.8, 4) is 0 Å². The van der Waals surface area contributed by atoms with E-state index in [2.05, 4.69) is 10.3 Å². The monoisotopic (exact) mass is 338 g/mol. The lowest BCUT2D eigenvalue weighted by molar-refractivity contribution is -0.139. The van der Waals surface area contributed by atoms with Crippen LogP contribution in [0.3, 0.4) is 0 Å². The summed E-state index contributed by atoms with van der Waals surface area (Å²) in [5, 5.41) is 13.2. The van der Waals surface area contributed by atoms with E-state index in [9.17, 15) is 14.7 Å². The Morgan fingerprint density at radius 1 is 1.36 bits per heavy atom. The molecule has 1 amide bonds. The number of carboxylic acids is 1. The molecule has 1 aromatic carbocycles. The fourth-order valence-corrected chi connectivity index (χ4v) is 2.99. The number of aliphatic carboxylic acids is 1. The van der Waals surface area contributed by atoms with Gasteiger partial charge in [-0.15, -0.1) is 11.3 Å². The Bertz CT molecular complexity index is 697. The zero-order valence-electron chi connectivity index (χ0n) is 12.1. The first-order valence-electron chi connectivity index (χ1n) is 6.67. The molecule has 2 aromatic rings. The van der Waals surface area contributed by atoms with Gasteiger partial charge in [0.25, 0.3) is 5.91 Å². The van der Waals surface area contributed by atoms with E-state index in [0.29, 0.717) is 21.2 Å². The number of aromatic nitrogens is 1. The smallest absolute Gasteiger partial charge is 0.330 e. The number of aryl methyl sites for hydroxylation is 2. The Balaban J connectivity index is 2.24. The maximum Gasteiger partial charge on any atom is 0.330 e. The number of hydrogen-bond donors (Lipinski definition) is 2. The minimum Gasteiger partial charge on any atom is -0.479 e. The lowest BCUT2D eigenvalue weighted by Gasteiger charge is -2.14. The van der Waals surface area contributed by atoms with Crippen molar-refractivity contribution < 1.29 is 14.7 Å². The molecule has 1 aromatic heterocycles. The van der Waals surface area contributed by atoms with E-state index < -0.39 is 17.9 Å². The second-order valence-corrected chi connectivity index (χ2v) is 6.19. The van der Waals surface area contributed by atoms with Gasteiger partial charge in [-0.3, -0.25) is 4.79 Å². The Kier molecular flexibility index (Phi) is 5.15. The molecule has 2 N–H and O–H groups in total. The Morgan fingerprint density at radius 3 is 2.50 bits per heavy atom. The van der Waals surface area contributed by atoms with Crippen molar-refractivity contribution in [1.82, 2.24) is 10.3 Å². The van der Waals surface area contributed by atoms with Crippen molar-refractivity contribution in [3.05, 3.63) is 50.4 Å². The topological polar surface area (TPSA) is 79.3 Å². The number of amides is 1. The van der Waals surface area contributed by atoms with Gasteiger partial charge in [-0.1, -0.05) is 30.7 Å². The summed E-state index contributed by atoms with van der Waals surface area (Å²) >= 11 is 7.08. The number of carbonyl (C=O) groups excluding carboxylic acids is 1. The highest BCUT2D eigenvalue weighted by molar-refractivity contribution is 7.13. The van der Waals surface area contributed by atoms with Crippen molar-refractivity contribution in [1.29, 1.82) is 0 Å². The molecule has 0 aliphatic rings. The summed E-state index contributed by atoms with van der Waals surface area (Å²) in [7, 11) is 0. The van der Waals surface area contributed by atoms with E-state index in [4.69, 9.17) is 11.6 Å². The summed E-state index contributed by atoms with van der Waals surface area (Å²) in [4.78, 5) is 28.5. The molecule has 22 heavy (non-hydrogen) atoms. The molecule has 0 aliphatic heterocycles. The molecule has 7 heteroatoms. The number of carbonyl (C=O) groups is 2. The third-order valence-corrected chi connectivity index (χ3v) is 4.63.